The van der Waals surface area contributed by atoms with Crippen LogP contribution in [0.1, 0.15) is 64.5 Å². The Balaban J connectivity index is 0.000000303. The van der Waals surface area contributed by atoms with Crippen molar-refractivity contribution in [1.29, 1.82) is 0 Å². The molecule has 0 bridgehead atoms. The average Bonchev–Trinajstić information content (AvgIpc) is 2.96. The molecule has 1 aliphatic rings. The van der Waals surface area contributed by atoms with E-state index in [1.807, 2.05) is 19.1 Å². The van der Waals surface area contributed by atoms with Gasteiger partial charge in [0.2, 0.25) is 15.2 Å². The van der Waals surface area contributed by atoms with E-state index in [1.165, 1.54) is 41.9 Å². The summed E-state index contributed by atoms with van der Waals surface area (Å²) in [5, 5.41) is 14.2. The number of rotatable bonds is 6. The second-order valence-electron chi connectivity index (χ2n) is 9.54. The molecule has 1 aromatic heterocycles. The van der Waals surface area contributed by atoms with Gasteiger partial charge in [-0.15, -0.1) is 0 Å². The van der Waals surface area contributed by atoms with Gasteiger partial charge >= 0.3 is 0 Å². The van der Waals surface area contributed by atoms with Crippen molar-refractivity contribution in [1.82, 2.24) is 4.98 Å². The van der Waals surface area contributed by atoms with E-state index < -0.39 is 0 Å². The van der Waals surface area contributed by atoms with Crippen LogP contribution in [0.5, 0.6) is 0 Å². The molecule has 0 spiro atoms. The molecule has 1 fully saturated rings. The summed E-state index contributed by atoms with van der Waals surface area (Å²) in [6.07, 6.45) is 5.08. The molecule has 1 aliphatic heterocycles. The van der Waals surface area contributed by atoms with Crippen molar-refractivity contribution < 1.29 is 5.11 Å². The van der Waals surface area contributed by atoms with Crippen LogP contribution < -0.4 is 4.90 Å². The number of aliphatic hydroxyl groups excluding tert-OH is 1. The number of aliphatic hydroxyl groups is 1. The zero-order chi connectivity index (χ0) is 22.1. The predicted molar refractivity (Wildman–Crippen MR) is 135 cm³/mol. The molecule has 2 heterocycles. The van der Waals surface area contributed by atoms with E-state index in [0.717, 1.165) is 47.0 Å². The van der Waals surface area contributed by atoms with Gasteiger partial charge < -0.3 is 10.0 Å². The second kappa shape index (κ2) is 12.9. The van der Waals surface area contributed by atoms with E-state index in [4.69, 9.17) is 11.6 Å². The van der Waals surface area contributed by atoms with Crippen molar-refractivity contribution in [2.75, 3.05) is 18.0 Å². The highest BCUT2D eigenvalue weighted by Gasteiger charge is 2.15. The number of aryl methyl sites for hydroxylation is 1. The van der Waals surface area contributed by atoms with Crippen molar-refractivity contribution in [3.8, 4) is 0 Å². The SMILES string of the molecule is CC(C)[CH2][AlH][CH2]C(C)C.Cc1cc2c(N3CCCCCC3)cc(Cl)nc2cc1CO. The molecule has 5 heteroatoms. The Labute approximate surface area is 194 Å². The zero-order valence-electron chi connectivity index (χ0n) is 19.7. The summed E-state index contributed by atoms with van der Waals surface area (Å²) in [4.78, 5) is 6.86. The highest BCUT2D eigenvalue weighted by atomic mass is 35.5. The quantitative estimate of drug-likeness (QED) is 0.399. The molecule has 0 atom stereocenters. The molecule has 0 saturated carbocycles. The number of fused-ring (bicyclic) bond motifs is 1. The largest absolute Gasteiger partial charge is 0.392 e. The number of anilines is 1. The summed E-state index contributed by atoms with van der Waals surface area (Å²) in [5.41, 5.74) is 4.07. The predicted octanol–water partition coefficient (Wildman–Crippen LogP) is 6.64. The smallest absolute Gasteiger partial charge is 0.237 e. The lowest BCUT2D eigenvalue weighted by Gasteiger charge is -2.24. The lowest BCUT2D eigenvalue weighted by atomic mass is 10.0. The van der Waals surface area contributed by atoms with E-state index in [9.17, 15) is 5.11 Å². The van der Waals surface area contributed by atoms with Gasteiger partial charge in [-0.1, -0.05) is 74.5 Å². The lowest BCUT2D eigenvalue weighted by Crippen LogP contribution is -2.24. The number of hydrogen-bond acceptors (Lipinski definition) is 3. The van der Waals surface area contributed by atoms with Gasteiger partial charge in [0.1, 0.15) is 5.15 Å². The third-order valence-electron chi connectivity index (χ3n) is 5.89. The first kappa shape index (κ1) is 25.5. The molecule has 0 aliphatic carbocycles. The molecule has 30 heavy (non-hydrogen) atoms. The van der Waals surface area contributed by atoms with Gasteiger partial charge in [0.25, 0.3) is 0 Å². The Morgan fingerprint density at radius 2 is 1.60 bits per heavy atom. The van der Waals surface area contributed by atoms with Gasteiger partial charge in [-0.05, 0) is 49.1 Å². The molecule has 2 aromatic rings. The molecular formula is C25H40AlClN2O. The van der Waals surface area contributed by atoms with Crippen LogP contribution >= 0.6 is 11.6 Å². The molecule has 0 radical (unpaired) electrons. The van der Waals surface area contributed by atoms with Crippen LogP contribution in [0, 0.1) is 18.8 Å². The maximum atomic E-state index is 9.43. The van der Waals surface area contributed by atoms with Crippen molar-refractivity contribution in [3.63, 3.8) is 0 Å². The normalized spacial score (nSPS) is 14.6. The maximum absolute atomic E-state index is 9.43. The molecule has 0 amide bonds. The fraction of sp³-hybridized carbons (Fsp3) is 0.640. The summed E-state index contributed by atoms with van der Waals surface area (Å²) >= 11 is 6.54. The van der Waals surface area contributed by atoms with Gasteiger partial charge in [0.05, 0.1) is 12.1 Å². The molecule has 3 rings (SSSR count). The molecule has 3 nitrogen and oxygen atoms in total. The van der Waals surface area contributed by atoms with Gasteiger partial charge in [-0.25, -0.2) is 4.98 Å². The van der Waals surface area contributed by atoms with Crippen LogP contribution in [0.4, 0.5) is 5.69 Å². The summed E-state index contributed by atoms with van der Waals surface area (Å²) in [5.74, 6) is 1.91. The number of hydrogen-bond donors (Lipinski definition) is 1. The van der Waals surface area contributed by atoms with E-state index >= 15 is 0 Å². The van der Waals surface area contributed by atoms with E-state index in [1.54, 1.807) is 0 Å². The average molecular weight is 447 g/mol. The Bertz CT molecular complexity index is 778. The highest BCUT2D eigenvalue weighted by Crippen LogP contribution is 2.32. The monoisotopic (exact) mass is 446 g/mol. The first-order valence-corrected chi connectivity index (χ1v) is 14.1. The first-order chi connectivity index (χ1) is 14.3. The summed E-state index contributed by atoms with van der Waals surface area (Å²) in [6, 6.07) is 6.07. The Morgan fingerprint density at radius 1 is 1.00 bits per heavy atom. The minimum absolute atomic E-state index is 0.0367. The number of aromatic nitrogens is 1. The van der Waals surface area contributed by atoms with Crippen LogP contribution in [-0.2, 0) is 6.61 Å². The lowest BCUT2D eigenvalue weighted by molar-refractivity contribution is 0.281. The van der Waals surface area contributed by atoms with Crippen LogP contribution in [0.3, 0.4) is 0 Å². The number of benzene rings is 1. The minimum atomic E-state index is 0.0367. The van der Waals surface area contributed by atoms with Gasteiger partial charge in [0, 0.05) is 24.2 Å². The third kappa shape index (κ3) is 8.04. The van der Waals surface area contributed by atoms with E-state index in [0.29, 0.717) is 20.4 Å². The fourth-order valence-corrected chi connectivity index (χ4v) is 6.12. The van der Waals surface area contributed by atoms with Gasteiger partial charge in [-0.2, -0.15) is 0 Å². The Hall–Kier alpha value is -0.788. The van der Waals surface area contributed by atoms with Gasteiger partial charge in [0.15, 0.2) is 0 Å². The minimum Gasteiger partial charge on any atom is -0.392 e. The standard InChI is InChI=1S/C17H21ClN2O.2C4H9.Al.H/c1-12-8-14-15(9-13(12)11-21)19-17(18)10-16(14)20-6-4-2-3-5-7-20;2*1-4(2)3;;/h8-10,21H,2-7,11H2,1H3;2*4H,1H2,2-3H3;;. The Morgan fingerprint density at radius 3 is 2.13 bits per heavy atom. The van der Waals surface area contributed by atoms with Crippen LogP contribution in [0.15, 0.2) is 18.2 Å². The van der Waals surface area contributed by atoms with E-state index in [-0.39, 0.29) is 6.61 Å². The summed E-state index contributed by atoms with van der Waals surface area (Å²) in [6.45, 7) is 13.5. The topological polar surface area (TPSA) is 36.4 Å². The Kier molecular flexibility index (Phi) is 11.0. The zero-order valence-corrected chi connectivity index (χ0v) is 21.8. The highest BCUT2D eigenvalue weighted by molar-refractivity contribution is 6.35. The fourth-order valence-electron chi connectivity index (χ4n) is 4.05. The van der Waals surface area contributed by atoms with Crippen LogP contribution in [0.25, 0.3) is 10.9 Å². The van der Waals surface area contributed by atoms with Crippen molar-refractivity contribution >= 4 is 43.4 Å². The van der Waals surface area contributed by atoms with Crippen LogP contribution in [-0.4, -0.2) is 38.4 Å². The van der Waals surface area contributed by atoms with Crippen molar-refractivity contribution in [3.05, 3.63) is 34.5 Å². The van der Waals surface area contributed by atoms with Crippen LogP contribution in [0.2, 0.25) is 15.7 Å². The molecule has 0 unspecified atom stereocenters. The van der Waals surface area contributed by atoms with Crippen molar-refractivity contribution in [2.24, 2.45) is 11.8 Å². The summed E-state index contributed by atoms with van der Waals surface area (Å²) < 4.78 is 0. The van der Waals surface area contributed by atoms with E-state index in [2.05, 4.69) is 43.6 Å². The molecule has 1 aromatic carbocycles. The number of halogens is 1. The number of nitrogens with zero attached hydrogens (tertiary/aromatic N) is 2. The molecule has 1 N–H and O–H groups in total. The molecule has 1 saturated heterocycles. The third-order valence-corrected chi connectivity index (χ3v) is 9.21. The first-order valence-electron chi connectivity index (χ1n) is 11.8. The molecular weight excluding hydrogens is 407 g/mol. The summed E-state index contributed by atoms with van der Waals surface area (Å²) in [7, 11) is 0. The van der Waals surface area contributed by atoms with Gasteiger partial charge in [-0.3, -0.25) is 0 Å². The maximum Gasteiger partial charge on any atom is 0.237 e. The molecule has 166 valence electrons. The van der Waals surface area contributed by atoms with Crippen molar-refractivity contribution in [2.45, 2.75) is 77.5 Å². The second-order valence-corrected chi connectivity index (χ2v) is 11.8. The number of pyridine rings is 1.